The number of ether oxygens (including phenoxy) is 1. The summed E-state index contributed by atoms with van der Waals surface area (Å²) in [4.78, 5) is 1.20. The third kappa shape index (κ3) is 5.51. The zero-order valence-corrected chi connectivity index (χ0v) is 10.4. The molecule has 0 unspecified atom stereocenters. The molecule has 16 heavy (non-hydrogen) atoms. The van der Waals surface area contributed by atoms with Gasteiger partial charge in [-0.15, -0.1) is 11.8 Å². The van der Waals surface area contributed by atoms with Crippen LogP contribution in [0, 0.1) is 0 Å². The highest BCUT2D eigenvalue weighted by Gasteiger charge is 1.95. The van der Waals surface area contributed by atoms with Crippen LogP contribution in [0.4, 0.5) is 0 Å². The Morgan fingerprint density at radius 2 is 2.06 bits per heavy atom. The van der Waals surface area contributed by atoms with Crippen LogP contribution in [-0.2, 0) is 11.3 Å². The number of nitrogens with one attached hydrogen (secondary N) is 1. The van der Waals surface area contributed by atoms with E-state index in [1.807, 2.05) is 0 Å². The fourth-order valence-electron chi connectivity index (χ4n) is 1.27. The molecule has 0 aromatic heterocycles. The highest BCUT2D eigenvalue weighted by atomic mass is 32.2. The van der Waals surface area contributed by atoms with Crippen LogP contribution in [0.15, 0.2) is 29.2 Å². The average Bonchev–Trinajstić information content (AvgIpc) is 2.33. The second kappa shape index (κ2) is 8.58. The summed E-state index contributed by atoms with van der Waals surface area (Å²) in [6.45, 7) is 2.71. The molecule has 0 aliphatic rings. The first-order valence-corrected chi connectivity index (χ1v) is 6.37. The number of methoxy groups -OCH3 is 1. The summed E-state index contributed by atoms with van der Waals surface area (Å²) in [6.07, 6.45) is 0. The van der Waals surface area contributed by atoms with Crippen molar-refractivity contribution in [3.63, 3.8) is 0 Å². The predicted molar refractivity (Wildman–Crippen MR) is 67.8 cm³/mol. The summed E-state index contributed by atoms with van der Waals surface area (Å²) in [5.74, 6) is 0.755. The van der Waals surface area contributed by atoms with E-state index in [4.69, 9.17) is 9.84 Å². The molecular weight excluding hydrogens is 222 g/mol. The summed E-state index contributed by atoms with van der Waals surface area (Å²) < 4.78 is 4.95. The minimum Gasteiger partial charge on any atom is -0.396 e. The van der Waals surface area contributed by atoms with Crippen LogP contribution < -0.4 is 5.32 Å². The van der Waals surface area contributed by atoms with Gasteiger partial charge in [0.15, 0.2) is 0 Å². The largest absolute Gasteiger partial charge is 0.396 e. The lowest BCUT2D eigenvalue weighted by molar-refractivity contribution is 0.199. The van der Waals surface area contributed by atoms with Gasteiger partial charge >= 0.3 is 0 Å². The van der Waals surface area contributed by atoms with Crippen LogP contribution in [0.3, 0.4) is 0 Å². The predicted octanol–water partition coefficient (Wildman–Crippen LogP) is 1.51. The Kier molecular flexibility index (Phi) is 7.25. The SMILES string of the molecule is COCCNCc1ccc(SCCO)cc1. The lowest BCUT2D eigenvalue weighted by atomic mass is 10.2. The van der Waals surface area contributed by atoms with Crippen molar-refractivity contribution >= 4 is 11.8 Å². The molecule has 0 spiro atoms. The highest BCUT2D eigenvalue weighted by molar-refractivity contribution is 7.99. The van der Waals surface area contributed by atoms with Gasteiger partial charge in [-0.1, -0.05) is 12.1 Å². The first kappa shape index (κ1) is 13.5. The Bertz CT molecular complexity index is 277. The Labute approximate surface area is 101 Å². The third-order valence-corrected chi connectivity index (χ3v) is 3.09. The topological polar surface area (TPSA) is 41.5 Å². The van der Waals surface area contributed by atoms with Crippen molar-refractivity contribution < 1.29 is 9.84 Å². The van der Waals surface area contributed by atoms with E-state index in [1.165, 1.54) is 10.5 Å². The molecule has 90 valence electrons. The molecule has 0 bridgehead atoms. The van der Waals surface area contributed by atoms with Crippen LogP contribution >= 0.6 is 11.8 Å². The molecule has 0 saturated carbocycles. The molecule has 0 fully saturated rings. The van der Waals surface area contributed by atoms with Crippen molar-refractivity contribution in [1.29, 1.82) is 0 Å². The van der Waals surface area contributed by atoms with Crippen LogP contribution in [-0.4, -0.2) is 37.7 Å². The molecule has 0 heterocycles. The number of aliphatic hydroxyl groups is 1. The quantitative estimate of drug-likeness (QED) is 0.535. The zero-order chi connectivity index (χ0) is 11.6. The second-order valence-corrected chi connectivity index (χ2v) is 4.55. The molecule has 1 aromatic carbocycles. The lowest BCUT2D eigenvalue weighted by Gasteiger charge is -2.05. The van der Waals surface area contributed by atoms with Crippen LogP contribution in [0.5, 0.6) is 0 Å². The first-order valence-electron chi connectivity index (χ1n) is 5.39. The van der Waals surface area contributed by atoms with Gasteiger partial charge in [0.05, 0.1) is 13.2 Å². The molecular formula is C12H19NO2S. The summed E-state index contributed by atoms with van der Waals surface area (Å²) >= 11 is 1.67. The maximum Gasteiger partial charge on any atom is 0.0587 e. The van der Waals surface area contributed by atoms with Gasteiger partial charge in [0.25, 0.3) is 0 Å². The van der Waals surface area contributed by atoms with E-state index in [-0.39, 0.29) is 6.61 Å². The van der Waals surface area contributed by atoms with E-state index >= 15 is 0 Å². The molecule has 4 heteroatoms. The summed E-state index contributed by atoms with van der Waals surface area (Å²) in [7, 11) is 1.70. The molecule has 2 N–H and O–H groups in total. The fraction of sp³-hybridized carbons (Fsp3) is 0.500. The van der Waals surface area contributed by atoms with Gasteiger partial charge in [0.1, 0.15) is 0 Å². The molecule has 0 aliphatic carbocycles. The number of hydrogen-bond donors (Lipinski definition) is 2. The maximum absolute atomic E-state index is 8.71. The molecule has 1 aromatic rings. The van der Waals surface area contributed by atoms with Crippen molar-refractivity contribution in [2.45, 2.75) is 11.4 Å². The maximum atomic E-state index is 8.71. The van der Waals surface area contributed by atoms with Gasteiger partial charge < -0.3 is 15.2 Å². The van der Waals surface area contributed by atoms with E-state index < -0.39 is 0 Å². The van der Waals surface area contributed by atoms with Crippen molar-refractivity contribution in [3.05, 3.63) is 29.8 Å². The van der Waals surface area contributed by atoms with Crippen molar-refractivity contribution in [3.8, 4) is 0 Å². The molecule has 0 amide bonds. The molecule has 0 aliphatic heterocycles. The summed E-state index contributed by atoms with van der Waals surface area (Å²) in [5.41, 5.74) is 1.27. The van der Waals surface area contributed by atoms with Gasteiger partial charge in [0, 0.05) is 30.8 Å². The number of benzene rings is 1. The average molecular weight is 241 g/mol. The molecule has 0 saturated heterocycles. The normalized spacial score (nSPS) is 10.6. The standard InChI is InChI=1S/C12H19NO2S/c1-15-8-6-13-10-11-2-4-12(5-3-11)16-9-7-14/h2-5,13-14H,6-10H2,1H3. The van der Waals surface area contributed by atoms with E-state index in [0.29, 0.717) is 0 Å². The van der Waals surface area contributed by atoms with Gasteiger partial charge in [-0.3, -0.25) is 0 Å². The Balaban J connectivity index is 2.27. The van der Waals surface area contributed by atoms with Crippen molar-refractivity contribution in [2.24, 2.45) is 0 Å². The molecule has 1 rings (SSSR count). The lowest BCUT2D eigenvalue weighted by Crippen LogP contribution is -2.18. The Morgan fingerprint density at radius 1 is 1.31 bits per heavy atom. The van der Waals surface area contributed by atoms with E-state index in [9.17, 15) is 0 Å². The van der Waals surface area contributed by atoms with Gasteiger partial charge in [-0.05, 0) is 17.7 Å². The molecule has 0 atom stereocenters. The van der Waals surface area contributed by atoms with E-state index in [0.717, 1.165) is 25.4 Å². The number of aliphatic hydroxyl groups excluding tert-OH is 1. The van der Waals surface area contributed by atoms with Crippen LogP contribution in [0.1, 0.15) is 5.56 Å². The van der Waals surface area contributed by atoms with Gasteiger partial charge in [-0.2, -0.15) is 0 Å². The second-order valence-electron chi connectivity index (χ2n) is 3.39. The van der Waals surface area contributed by atoms with Crippen molar-refractivity contribution in [2.75, 3.05) is 32.6 Å². The smallest absolute Gasteiger partial charge is 0.0587 e. The van der Waals surface area contributed by atoms with Crippen LogP contribution in [0.2, 0.25) is 0 Å². The molecule has 3 nitrogen and oxygen atoms in total. The minimum absolute atomic E-state index is 0.227. The first-order chi connectivity index (χ1) is 7.86. The Hall–Kier alpha value is -0.550. The zero-order valence-electron chi connectivity index (χ0n) is 9.61. The Morgan fingerprint density at radius 3 is 2.69 bits per heavy atom. The molecule has 0 radical (unpaired) electrons. The van der Waals surface area contributed by atoms with E-state index in [1.54, 1.807) is 18.9 Å². The minimum atomic E-state index is 0.227. The summed E-state index contributed by atoms with van der Waals surface area (Å²) in [5, 5.41) is 12.0. The van der Waals surface area contributed by atoms with Gasteiger partial charge in [-0.25, -0.2) is 0 Å². The summed E-state index contributed by atoms with van der Waals surface area (Å²) in [6, 6.07) is 8.40. The number of rotatable bonds is 8. The third-order valence-electron chi connectivity index (χ3n) is 2.10. The monoisotopic (exact) mass is 241 g/mol. The fourth-order valence-corrected chi connectivity index (χ4v) is 1.93. The number of thioether (sulfide) groups is 1. The van der Waals surface area contributed by atoms with Crippen LogP contribution in [0.25, 0.3) is 0 Å². The van der Waals surface area contributed by atoms with Gasteiger partial charge in [0.2, 0.25) is 0 Å². The van der Waals surface area contributed by atoms with Crippen molar-refractivity contribution in [1.82, 2.24) is 5.32 Å². The highest BCUT2D eigenvalue weighted by Crippen LogP contribution is 2.17. The van der Waals surface area contributed by atoms with E-state index in [2.05, 4.69) is 29.6 Å². The number of hydrogen-bond acceptors (Lipinski definition) is 4.